The first-order chi connectivity index (χ1) is 22.7. The highest BCUT2D eigenvalue weighted by atomic mass is 32.1. The molecule has 12 nitrogen and oxygen atoms in total. The quantitative estimate of drug-likeness (QED) is 0.219. The van der Waals surface area contributed by atoms with E-state index in [-0.39, 0.29) is 21.5 Å². The number of carbonyl (C=O) groups excluding carboxylic acids is 1. The summed E-state index contributed by atoms with van der Waals surface area (Å²) in [5.74, 6) is -1.18. The van der Waals surface area contributed by atoms with Crippen LogP contribution in [0.5, 0.6) is 0 Å². The summed E-state index contributed by atoms with van der Waals surface area (Å²) in [4.78, 5) is 52.3. The predicted octanol–water partition coefficient (Wildman–Crippen LogP) is 4.53. The van der Waals surface area contributed by atoms with Gasteiger partial charge in [0.25, 0.3) is 5.56 Å². The Hall–Kier alpha value is -5.51. The number of rotatable bonds is 9. The zero-order valence-corrected chi connectivity index (χ0v) is 26.2. The van der Waals surface area contributed by atoms with Crippen molar-refractivity contribution in [2.45, 2.75) is 13.1 Å². The van der Waals surface area contributed by atoms with Crippen LogP contribution in [-0.2, 0) is 17.9 Å². The number of amides is 2. The van der Waals surface area contributed by atoms with Gasteiger partial charge < -0.3 is 10.2 Å². The topological polar surface area (TPSA) is 128 Å². The number of nitrogens with zero attached hydrogens (tertiary/aromatic N) is 6. The number of hydrogen-bond donors (Lipinski definition) is 2. The molecule has 0 saturated heterocycles. The first-order valence-electron chi connectivity index (χ1n) is 14.2. The molecule has 4 heterocycles. The van der Waals surface area contributed by atoms with E-state index in [0.29, 0.717) is 34.1 Å². The second-order valence-electron chi connectivity index (χ2n) is 10.7. The minimum absolute atomic E-state index is 0.175. The largest absolute Gasteiger partial charge is 0.343 e. The molecule has 2 N–H and O–H groups in total. The Labute approximate surface area is 270 Å². The van der Waals surface area contributed by atoms with Gasteiger partial charge >= 0.3 is 11.7 Å². The number of hydrogen-bond acceptors (Lipinski definition) is 8. The highest BCUT2D eigenvalue weighted by Gasteiger charge is 2.25. The summed E-state index contributed by atoms with van der Waals surface area (Å²) in [5, 5.41) is 7.02. The smallest absolute Gasteiger partial charge is 0.306 e. The van der Waals surface area contributed by atoms with Crippen molar-refractivity contribution in [1.82, 2.24) is 34.3 Å². The SMILES string of the molecule is CONC(=O)Nc1ccc(-c2sc3c(c2CN(C)C)c(=O)n(-c2ccc(-n4cccn4)nc2)c(=O)n3Cc2c(F)cccc2F)cc1. The Bertz CT molecular complexity index is 2170. The molecule has 2 amide bonds. The number of urea groups is 1. The number of aromatic nitrogens is 5. The van der Waals surface area contributed by atoms with Gasteiger partial charge in [0.15, 0.2) is 5.82 Å². The van der Waals surface area contributed by atoms with Crippen LogP contribution in [0.2, 0.25) is 0 Å². The molecule has 0 atom stereocenters. The van der Waals surface area contributed by atoms with E-state index in [2.05, 4.69) is 25.7 Å². The molecule has 0 spiro atoms. The van der Waals surface area contributed by atoms with Crippen LogP contribution in [0, 0.1) is 11.6 Å². The molecule has 6 rings (SSSR count). The molecule has 0 unspecified atom stereocenters. The lowest BCUT2D eigenvalue weighted by Gasteiger charge is -2.15. The van der Waals surface area contributed by atoms with Crippen LogP contribution in [-0.4, -0.2) is 56.0 Å². The van der Waals surface area contributed by atoms with Crippen molar-refractivity contribution in [3.63, 3.8) is 0 Å². The van der Waals surface area contributed by atoms with Gasteiger partial charge in [-0.25, -0.2) is 38.1 Å². The van der Waals surface area contributed by atoms with Crippen molar-refractivity contribution in [3.8, 4) is 21.9 Å². The summed E-state index contributed by atoms with van der Waals surface area (Å²) >= 11 is 1.17. The van der Waals surface area contributed by atoms with Crippen molar-refractivity contribution in [2.24, 2.45) is 0 Å². The second kappa shape index (κ2) is 13.1. The number of carbonyl (C=O) groups is 1. The first-order valence-corrected chi connectivity index (χ1v) is 15.0. The van der Waals surface area contributed by atoms with Crippen LogP contribution in [0.15, 0.2) is 88.8 Å². The predicted molar refractivity (Wildman–Crippen MR) is 174 cm³/mol. The van der Waals surface area contributed by atoms with Gasteiger partial charge in [-0.3, -0.25) is 14.2 Å². The highest BCUT2D eigenvalue weighted by molar-refractivity contribution is 7.22. The van der Waals surface area contributed by atoms with E-state index in [9.17, 15) is 23.2 Å². The summed E-state index contributed by atoms with van der Waals surface area (Å²) in [5.41, 5.74) is 2.46. The first kappa shape index (κ1) is 31.5. The maximum Gasteiger partial charge on any atom is 0.343 e. The standard InChI is InChI=1S/C32H28F2N8O4S/c1-39(2)17-23-27-29(43)42(21-12-13-26(35-16-21)41-15-5-14-36-41)32(45)40(18-22-24(33)6-4-7-25(22)34)30(27)47-28(23)19-8-10-20(11-9-19)37-31(44)38-46-3/h4-16H,17-18H2,1-3H3,(H2,37,38,44). The van der Waals surface area contributed by atoms with Crippen molar-refractivity contribution in [1.29, 1.82) is 0 Å². The summed E-state index contributed by atoms with van der Waals surface area (Å²) in [6.45, 7) is -0.157. The normalized spacial score (nSPS) is 11.4. The van der Waals surface area contributed by atoms with Crippen molar-refractivity contribution in [2.75, 3.05) is 26.5 Å². The van der Waals surface area contributed by atoms with Gasteiger partial charge in [-0.1, -0.05) is 18.2 Å². The van der Waals surface area contributed by atoms with Crippen LogP contribution in [0.25, 0.3) is 32.2 Å². The fraction of sp³-hybridized carbons (Fsp3) is 0.156. The van der Waals surface area contributed by atoms with Crippen LogP contribution in [0.4, 0.5) is 19.3 Å². The number of fused-ring (bicyclic) bond motifs is 1. The van der Waals surface area contributed by atoms with E-state index in [1.54, 1.807) is 54.9 Å². The molecular weight excluding hydrogens is 630 g/mol. The number of halogens is 2. The number of anilines is 1. The lowest BCUT2D eigenvalue weighted by atomic mass is 10.1. The van der Waals surface area contributed by atoms with Gasteiger partial charge in [0.05, 0.1) is 30.9 Å². The summed E-state index contributed by atoms with van der Waals surface area (Å²) in [6, 6.07) is 14.7. The fourth-order valence-corrected chi connectivity index (χ4v) is 6.48. The number of thiophene rings is 1. The fourth-order valence-electron chi connectivity index (χ4n) is 5.18. The molecule has 0 aliphatic rings. The Balaban J connectivity index is 1.59. The van der Waals surface area contributed by atoms with E-state index in [1.165, 1.54) is 40.0 Å². The molecule has 0 radical (unpaired) electrons. The maximum absolute atomic E-state index is 15.0. The van der Waals surface area contributed by atoms with E-state index >= 15 is 0 Å². The van der Waals surface area contributed by atoms with Gasteiger partial charge in [-0.05, 0) is 67.7 Å². The Morgan fingerprint density at radius 3 is 2.36 bits per heavy atom. The monoisotopic (exact) mass is 658 g/mol. The van der Waals surface area contributed by atoms with Gasteiger partial charge in [0.2, 0.25) is 0 Å². The van der Waals surface area contributed by atoms with Crippen molar-refractivity contribution in [3.05, 3.63) is 123 Å². The Morgan fingerprint density at radius 1 is 1.00 bits per heavy atom. The van der Waals surface area contributed by atoms with Crippen LogP contribution in [0.1, 0.15) is 11.1 Å². The summed E-state index contributed by atoms with van der Waals surface area (Å²) < 4.78 is 33.6. The third-order valence-corrected chi connectivity index (χ3v) is 8.56. The highest BCUT2D eigenvalue weighted by Crippen LogP contribution is 2.38. The molecule has 4 aromatic heterocycles. The number of hydroxylamine groups is 1. The summed E-state index contributed by atoms with van der Waals surface area (Å²) in [7, 11) is 5.00. The Morgan fingerprint density at radius 2 is 1.74 bits per heavy atom. The number of nitrogens with one attached hydrogen (secondary N) is 2. The molecule has 2 aromatic carbocycles. The molecular formula is C32H28F2N8O4S. The zero-order valence-electron chi connectivity index (χ0n) is 25.4. The third kappa shape index (κ3) is 6.18. The molecule has 6 aromatic rings. The van der Waals surface area contributed by atoms with Gasteiger partial charge in [0.1, 0.15) is 16.5 Å². The number of pyridine rings is 1. The molecule has 240 valence electrons. The lowest BCUT2D eigenvalue weighted by molar-refractivity contribution is 0.114. The summed E-state index contributed by atoms with van der Waals surface area (Å²) in [6.07, 6.45) is 4.68. The van der Waals surface area contributed by atoms with Gasteiger partial charge in [-0.2, -0.15) is 5.10 Å². The van der Waals surface area contributed by atoms with Gasteiger partial charge in [-0.15, -0.1) is 11.3 Å². The zero-order chi connectivity index (χ0) is 33.2. The minimum Gasteiger partial charge on any atom is -0.306 e. The molecule has 0 bridgehead atoms. The van der Waals surface area contributed by atoms with E-state index < -0.39 is 35.5 Å². The average molecular weight is 659 g/mol. The number of benzene rings is 2. The van der Waals surface area contributed by atoms with E-state index in [1.807, 2.05) is 19.0 Å². The van der Waals surface area contributed by atoms with Gasteiger partial charge in [0, 0.05) is 35.1 Å². The third-order valence-electron chi connectivity index (χ3n) is 7.25. The van der Waals surface area contributed by atoms with E-state index in [0.717, 1.165) is 16.7 Å². The molecule has 0 aliphatic heterocycles. The van der Waals surface area contributed by atoms with Crippen LogP contribution >= 0.6 is 11.3 Å². The molecule has 15 heteroatoms. The van der Waals surface area contributed by atoms with Crippen molar-refractivity contribution < 1.29 is 18.4 Å². The molecule has 47 heavy (non-hydrogen) atoms. The Kier molecular flexibility index (Phi) is 8.76. The van der Waals surface area contributed by atoms with Crippen LogP contribution < -0.4 is 22.0 Å². The van der Waals surface area contributed by atoms with Crippen molar-refractivity contribution >= 4 is 33.3 Å². The lowest BCUT2D eigenvalue weighted by Crippen LogP contribution is -2.39. The maximum atomic E-state index is 15.0. The molecule has 0 fully saturated rings. The molecule has 0 aliphatic carbocycles. The second-order valence-corrected chi connectivity index (χ2v) is 11.7. The average Bonchev–Trinajstić information content (AvgIpc) is 3.71. The molecule has 0 saturated carbocycles. The minimum atomic E-state index is -0.820. The van der Waals surface area contributed by atoms with E-state index in [4.69, 9.17) is 0 Å². The van der Waals surface area contributed by atoms with Crippen LogP contribution in [0.3, 0.4) is 0 Å².